The van der Waals surface area contributed by atoms with Crippen LogP contribution in [0.1, 0.15) is 39.4 Å². The van der Waals surface area contributed by atoms with Crippen LogP contribution in [-0.4, -0.2) is 37.8 Å². The Bertz CT molecular complexity index is 1140. The molecule has 0 saturated carbocycles. The zero-order chi connectivity index (χ0) is 24.2. The molecular formula is C22H25ClN6O4. The number of rotatable bonds is 5. The van der Waals surface area contributed by atoms with Crippen molar-refractivity contribution in [2.45, 2.75) is 39.4 Å². The van der Waals surface area contributed by atoms with Gasteiger partial charge in [-0.2, -0.15) is 0 Å². The number of pyridine rings is 1. The number of hydrogen-bond acceptors (Lipinski definition) is 7. The number of ether oxygens (including phenoxy) is 2. The minimum Gasteiger partial charge on any atom is -0.444 e. The molecule has 10 nitrogen and oxygen atoms in total. The summed E-state index contributed by atoms with van der Waals surface area (Å²) in [5.74, 6) is 0.298. The van der Waals surface area contributed by atoms with Crippen molar-refractivity contribution < 1.29 is 19.1 Å². The Balaban J connectivity index is 1.70. The van der Waals surface area contributed by atoms with Crippen molar-refractivity contribution in [1.82, 2.24) is 20.0 Å². The fourth-order valence-electron chi connectivity index (χ4n) is 2.85. The highest BCUT2D eigenvalue weighted by molar-refractivity contribution is 6.31. The van der Waals surface area contributed by atoms with Gasteiger partial charge < -0.3 is 9.47 Å². The lowest BCUT2D eigenvalue weighted by Gasteiger charge is -2.19. The summed E-state index contributed by atoms with van der Waals surface area (Å²) in [6.07, 6.45) is -0.401. The summed E-state index contributed by atoms with van der Waals surface area (Å²) >= 11 is 6.17. The molecule has 2 heterocycles. The van der Waals surface area contributed by atoms with E-state index in [1.54, 1.807) is 65.1 Å². The number of nitrogens with zero attached hydrogens (tertiary/aromatic N) is 4. The third-order valence-electron chi connectivity index (χ3n) is 4.33. The molecule has 0 aliphatic carbocycles. The summed E-state index contributed by atoms with van der Waals surface area (Å²) in [6, 6.07) is 10.4. The third kappa shape index (κ3) is 6.42. The number of anilines is 2. The number of carbonyl (C=O) groups is 2. The van der Waals surface area contributed by atoms with E-state index >= 15 is 0 Å². The molecular weight excluding hydrogens is 448 g/mol. The Morgan fingerprint density at radius 2 is 1.82 bits per heavy atom. The van der Waals surface area contributed by atoms with Crippen molar-refractivity contribution >= 4 is 35.3 Å². The van der Waals surface area contributed by atoms with Crippen LogP contribution < -0.4 is 10.6 Å². The van der Waals surface area contributed by atoms with Crippen molar-refractivity contribution in [3.8, 4) is 11.4 Å². The largest absolute Gasteiger partial charge is 0.444 e. The maximum Gasteiger partial charge on any atom is 0.413 e. The van der Waals surface area contributed by atoms with Gasteiger partial charge in [0.05, 0.1) is 17.6 Å². The first-order chi connectivity index (χ1) is 15.5. The Kier molecular flexibility index (Phi) is 7.17. The Morgan fingerprint density at radius 3 is 2.45 bits per heavy atom. The number of benzene rings is 1. The van der Waals surface area contributed by atoms with Crippen LogP contribution >= 0.6 is 11.6 Å². The fraction of sp³-hybridized carbons (Fsp3) is 0.318. The van der Waals surface area contributed by atoms with E-state index in [0.717, 1.165) is 0 Å². The molecule has 1 aromatic carbocycles. The van der Waals surface area contributed by atoms with Gasteiger partial charge in [-0.15, -0.1) is 5.10 Å². The van der Waals surface area contributed by atoms with Gasteiger partial charge in [0.15, 0.2) is 11.5 Å². The molecule has 0 saturated heterocycles. The van der Waals surface area contributed by atoms with Crippen molar-refractivity contribution in [2.24, 2.45) is 7.05 Å². The maximum absolute atomic E-state index is 12.5. The molecule has 2 amide bonds. The number of aryl methyl sites for hydroxylation is 1. The van der Waals surface area contributed by atoms with E-state index in [1.807, 2.05) is 6.07 Å². The molecule has 0 unspecified atom stereocenters. The Morgan fingerprint density at radius 1 is 1.09 bits per heavy atom. The third-order valence-corrected chi connectivity index (χ3v) is 4.67. The van der Waals surface area contributed by atoms with Crippen molar-refractivity contribution in [3.63, 3.8) is 0 Å². The van der Waals surface area contributed by atoms with Crippen LogP contribution in [0.2, 0.25) is 5.02 Å². The summed E-state index contributed by atoms with van der Waals surface area (Å²) in [7, 11) is 1.63. The molecule has 0 fully saturated rings. The van der Waals surface area contributed by atoms with Crippen LogP contribution in [0.15, 0.2) is 42.6 Å². The molecule has 2 N–H and O–H groups in total. The highest BCUT2D eigenvalue weighted by atomic mass is 35.5. The van der Waals surface area contributed by atoms with Gasteiger partial charge in [-0.25, -0.2) is 14.3 Å². The molecule has 3 rings (SSSR count). The molecule has 33 heavy (non-hydrogen) atoms. The molecule has 2 aromatic heterocycles. The number of nitrogens with one attached hydrogen (secondary N) is 2. The predicted molar refractivity (Wildman–Crippen MR) is 124 cm³/mol. The highest BCUT2D eigenvalue weighted by Crippen LogP contribution is 2.27. The van der Waals surface area contributed by atoms with E-state index in [1.165, 1.54) is 10.9 Å². The van der Waals surface area contributed by atoms with Crippen LogP contribution in [0.3, 0.4) is 0 Å². The SMILES string of the molecule is C[C@@H](OC(=O)Nc1c(-c2ccc(NC(=O)OC(C)(C)C)cn2)nnn1C)c1ccccc1Cl. The van der Waals surface area contributed by atoms with Crippen LogP contribution in [-0.2, 0) is 16.5 Å². The van der Waals surface area contributed by atoms with E-state index in [9.17, 15) is 9.59 Å². The average Bonchev–Trinajstić information content (AvgIpc) is 3.07. The lowest BCUT2D eigenvalue weighted by molar-refractivity contribution is 0.0635. The maximum atomic E-state index is 12.5. The summed E-state index contributed by atoms with van der Waals surface area (Å²) in [4.78, 5) is 28.7. The minimum atomic E-state index is -0.697. The minimum absolute atomic E-state index is 0.298. The van der Waals surface area contributed by atoms with Gasteiger partial charge in [0.2, 0.25) is 0 Å². The molecule has 0 radical (unpaired) electrons. The number of halogens is 1. The Hall–Kier alpha value is -3.66. The average molecular weight is 473 g/mol. The van der Waals surface area contributed by atoms with Crippen LogP contribution in [0.25, 0.3) is 11.4 Å². The van der Waals surface area contributed by atoms with Gasteiger partial charge in [-0.3, -0.25) is 15.6 Å². The monoisotopic (exact) mass is 472 g/mol. The second-order valence-electron chi connectivity index (χ2n) is 8.16. The summed E-state index contributed by atoms with van der Waals surface area (Å²) in [5.41, 5.74) is 1.29. The van der Waals surface area contributed by atoms with E-state index in [2.05, 4.69) is 25.9 Å². The number of amides is 2. The van der Waals surface area contributed by atoms with E-state index in [-0.39, 0.29) is 0 Å². The molecule has 0 bridgehead atoms. The zero-order valence-corrected chi connectivity index (χ0v) is 19.7. The lowest BCUT2D eigenvalue weighted by Crippen LogP contribution is -2.27. The van der Waals surface area contributed by atoms with Crippen molar-refractivity contribution in [2.75, 3.05) is 10.6 Å². The first-order valence-corrected chi connectivity index (χ1v) is 10.5. The molecule has 11 heteroatoms. The van der Waals surface area contributed by atoms with Crippen LogP contribution in [0.5, 0.6) is 0 Å². The van der Waals surface area contributed by atoms with Gasteiger partial charge in [0.25, 0.3) is 0 Å². The molecule has 3 aromatic rings. The quantitative estimate of drug-likeness (QED) is 0.524. The molecule has 174 valence electrons. The summed E-state index contributed by atoms with van der Waals surface area (Å²) in [6.45, 7) is 7.05. The fourth-order valence-corrected chi connectivity index (χ4v) is 3.14. The first-order valence-electron chi connectivity index (χ1n) is 10.1. The zero-order valence-electron chi connectivity index (χ0n) is 18.9. The highest BCUT2D eigenvalue weighted by Gasteiger charge is 2.21. The lowest BCUT2D eigenvalue weighted by atomic mass is 10.1. The van der Waals surface area contributed by atoms with Gasteiger partial charge in [-0.1, -0.05) is 35.0 Å². The van der Waals surface area contributed by atoms with Gasteiger partial charge >= 0.3 is 12.2 Å². The summed E-state index contributed by atoms with van der Waals surface area (Å²) < 4.78 is 12.1. The van der Waals surface area contributed by atoms with Crippen molar-refractivity contribution in [1.29, 1.82) is 0 Å². The first kappa shape index (κ1) is 24.0. The molecule has 0 spiro atoms. The van der Waals surface area contributed by atoms with E-state index in [0.29, 0.717) is 33.5 Å². The molecule has 0 aliphatic rings. The topological polar surface area (TPSA) is 120 Å². The Labute approximate surface area is 196 Å². The normalized spacial score (nSPS) is 12.1. The van der Waals surface area contributed by atoms with E-state index < -0.39 is 23.9 Å². The second kappa shape index (κ2) is 9.86. The van der Waals surface area contributed by atoms with Crippen molar-refractivity contribution in [3.05, 3.63) is 53.2 Å². The van der Waals surface area contributed by atoms with E-state index in [4.69, 9.17) is 21.1 Å². The standard InChI is InChI=1S/C22H25ClN6O4/c1-13(15-8-6-7-9-16(15)23)32-20(30)26-19-18(27-28-29(19)5)17-11-10-14(12-24-17)25-21(31)33-22(2,3)4/h6-13H,1-5H3,(H,25,31)(H,26,30)/t13-/m1/s1. The molecule has 1 atom stereocenters. The van der Waals surface area contributed by atoms with Gasteiger partial charge in [0, 0.05) is 17.6 Å². The predicted octanol–water partition coefficient (Wildman–Crippen LogP) is 5.19. The number of hydrogen-bond donors (Lipinski definition) is 2. The smallest absolute Gasteiger partial charge is 0.413 e. The van der Waals surface area contributed by atoms with Gasteiger partial charge in [-0.05, 0) is 45.9 Å². The van der Waals surface area contributed by atoms with Crippen LogP contribution in [0.4, 0.5) is 21.1 Å². The van der Waals surface area contributed by atoms with Crippen LogP contribution in [0, 0.1) is 0 Å². The number of carbonyl (C=O) groups excluding carboxylic acids is 2. The second-order valence-corrected chi connectivity index (χ2v) is 8.57. The van der Waals surface area contributed by atoms with Gasteiger partial charge in [0.1, 0.15) is 11.7 Å². The summed E-state index contributed by atoms with van der Waals surface area (Å²) in [5, 5.41) is 13.8. The molecule has 0 aliphatic heterocycles. The number of aromatic nitrogens is 4.